The van der Waals surface area contributed by atoms with E-state index in [2.05, 4.69) is 25.6 Å². The Morgan fingerprint density at radius 1 is 1.41 bits per heavy atom. The Morgan fingerprint density at radius 2 is 2.18 bits per heavy atom. The highest BCUT2D eigenvalue weighted by atomic mass is 16.2. The highest BCUT2D eigenvalue weighted by Gasteiger charge is 2.08. The maximum atomic E-state index is 11.7. The summed E-state index contributed by atoms with van der Waals surface area (Å²) in [7, 11) is 2.87. The SMILES string of the molecule is Cn1nc(NCc2ncn[nH]2)c(=O)n(C)c1=O. The van der Waals surface area contributed by atoms with Gasteiger partial charge in [-0.05, 0) is 0 Å². The highest BCUT2D eigenvalue weighted by Crippen LogP contribution is 1.93. The van der Waals surface area contributed by atoms with Gasteiger partial charge in [0, 0.05) is 14.1 Å². The van der Waals surface area contributed by atoms with Crippen LogP contribution < -0.4 is 16.6 Å². The lowest BCUT2D eigenvalue weighted by molar-refractivity contribution is 0.604. The Labute approximate surface area is 95.1 Å². The van der Waals surface area contributed by atoms with Crippen LogP contribution in [0.2, 0.25) is 0 Å². The van der Waals surface area contributed by atoms with Crippen molar-refractivity contribution in [3.8, 4) is 0 Å². The van der Waals surface area contributed by atoms with Crippen LogP contribution in [0.25, 0.3) is 0 Å². The highest BCUT2D eigenvalue weighted by molar-refractivity contribution is 5.29. The number of aryl methyl sites for hydroxylation is 1. The molecule has 0 unspecified atom stereocenters. The fourth-order valence-corrected chi connectivity index (χ4v) is 1.29. The summed E-state index contributed by atoms with van der Waals surface area (Å²) < 4.78 is 2.07. The van der Waals surface area contributed by atoms with Crippen LogP contribution in [0.5, 0.6) is 0 Å². The van der Waals surface area contributed by atoms with Gasteiger partial charge in [0.1, 0.15) is 12.2 Å². The third kappa shape index (κ3) is 2.07. The van der Waals surface area contributed by atoms with Crippen molar-refractivity contribution < 1.29 is 0 Å². The van der Waals surface area contributed by atoms with Gasteiger partial charge < -0.3 is 5.32 Å². The lowest BCUT2D eigenvalue weighted by atomic mass is 10.5. The first-order chi connectivity index (χ1) is 8.09. The Balaban J connectivity index is 2.28. The van der Waals surface area contributed by atoms with E-state index in [0.717, 1.165) is 9.25 Å². The average molecular weight is 237 g/mol. The Kier molecular flexibility index (Phi) is 2.73. The number of nitrogens with one attached hydrogen (secondary N) is 2. The molecule has 0 amide bonds. The summed E-state index contributed by atoms with van der Waals surface area (Å²) in [4.78, 5) is 27.0. The third-order valence-corrected chi connectivity index (χ3v) is 2.21. The molecule has 0 bridgehead atoms. The van der Waals surface area contributed by atoms with E-state index in [0.29, 0.717) is 5.82 Å². The number of hydrogen-bond acceptors (Lipinski definition) is 6. The van der Waals surface area contributed by atoms with E-state index in [4.69, 9.17) is 0 Å². The zero-order chi connectivity index (χ0) is 12.4. The Morgan fingerprint density at radius 3 is 2.82 bits per heavy atom. The predicted molar refractivity (Wildman–Crippen MR) is 58.4 cm³/mol. The molecule has 0 aliphatic rings. The minimum atomic E-state index is -0.479. The number of rotatable bonds is 3. The van der Waals surface area contributed by atoms with E-state index in [-0.39, 0.29) is 12.4 Å². The van der Waals surface area contributed by atoms with Gasteiger partial charge in [0.2, 0.25) is 5.82 Å². The topological polar surface area (TPSA) is 110 Å². The molecule has 2 N–H and O–H groups in total. The quantitative estimate of drug-likeness (QED) is 0.652. The molecule has 0 fully saturated rings. The molecule has 0 saturated heterocycles. The molecular formula is C8H11N7O2. The van der Waals surface area contributed by atoms with Gasteiger partial charge in [0.15, 0.2) is 0 Å². The van der Waals surface area contributed by atoms with Crippen molar-refractivity contribution in [2.45, 2.75) is 6.54 Å². The van der Waals surface area contributed by atoms with Crippen LogP contribution in [-0.4, -0.2) is 29.5 Å². The zero-order valence-corrected chi connectivity index (χ0v) is 9.34. The smallest absolute Gasteiger partial charge is 0.346 e. The van der Waals surface area contributed by atoms with Crippen molar-refractivity contribution in [1.82, 2.24) is 29.5 Å². The van der Waals surface area contributed by atoms with Gasteiger partial charge in [0.25, 0.3) is 5.56 Å². The summed E-state index contributed by atoms with van der Waals surface area (Å²) >= 11 is 0. The minimum Gasteiger partial charge on any atom is -0.357 e. The molecule has 0 radical (unpaired) electrons. The lowest BCUT2D eigenvalue weighted by Gasteiger charge is -2.06. The number of aromatic nitrogens is 6. The van der Waals surface area contributed by atoms with Gasteiger partial charge in [0.05, 0.1) is 6.54 Å². The van der Waals surface area contributed by atoms with Crippen molar-refractivity contribution >= 4 is 5.82 Å². The Bertz CT molecular complexity index is 624. The van der Waals surface area contributed by atoms with Gasteiger partial charge >= 0.3 is 5.69 Å². The second-order valence-corrected chi connectivity index (χ2v) is 3.40. The van der Waals surface area contributed by atoms with Crippen LogP contribution in [0.3, 0.4) is 0 Å². The summed E-state index contributed by atoms with van der Waals surface area (Å²) in [5.41, 5.74) is -0.951. The molecule has 0 saturated carbocycles. The zero-order valence-electron chi connectivity index (χ0n) is 9.34. The molecule has 9 heteroatoms. The van der Waals surface area contributed by atoms with E-state index < -0.39 is 11.2 Å². The fraction of sp³-hybridized carbons (Fsp3) is 0.375. The maximum Gasteiger partial charge on any atom is 0.346 e. The van der Waals surface area contributed by atoms with Gasteiger partial charge in [-0.25, -0.2) is 14.5 Å². The van der Waals surface area contributed by atoms with Crippen LogP contribution in [0, 0.1) is 0 Å². The van der Waals surface area contributed by atoms with Gasteiger partial charge in [-0.1, -0.05) is 0 Å². The number of aromatic amines is 1. The molecule has 0 spiro atoms. The molecule has 17 heavy (non-hydrogen) atoms. The van der Waals surface area contributed by atoms with E-state index in [1.807, 2.05) is 0 Å². The average Bonchev–Trinajstić information content (AvgIpc) is 2.82. The number of H-pyrrole nitrogens is 1. The molecule has 2 rings (SSSR count). The first-order valence-electron chi connectivity index (χ1n) is 4.82. The monoisotopic (exact) mass is 237 g/mol. The largest absolute Gasteiger partial charge is 0.357 e. The van der Waals surface area contributed by atoms with Crippen molar-refractivity contribution in [2.24, 2.45) is 14.1 Å². The van der Waals surface area contributed by atoms with Gasteiger partial charge in [-0.3, -0.25) is 14.5 Å². The fourth-order valence-electron chi connectivity index (χ4n) is 1.29. The predicted octanol–water partition coefficient (Wildman–Crippen LogP) is -1.79. The molecular weight excluding hydrogens is 226 g/mol. The number of nitrogens with zero attached hydrogens (tertiary/aromatic N) is 5. The summed E-state index contributed by atoms with van der Waals surface area (Å²) in [5.74, 6) is 0.661. The molecule has 0 aliphatic heterocycles. The van der Waals surface area contributed by atoms with Crippen LogP contribution in [0.1, 0.15) is 5.82 Å². The summed E-state index contributed by atoms with van der Waals surface area (Å²) in [5, 5.41) is 12.9. The molecule has 0 aromatic carbocycles. The molecule has 0 atom stereocenters. The first-order valence-corrected chi connectivity index (χ1v) is 4.82. The summed E-state index contributed by atoms with van der Waals surface area (Å²) in [6, 6.07) is 0. The molecule has 9 nitrogen and oxygen atoms in total. The van der Waals surface area contributed by atoms with Crippen molar-refractivity contribution in [2.75, 3.05) is 5.32 Å². The molecule has 2 heterocycles. The third-order valence-electron chi connectivity index (χ3n) is 2.21. The van der Waals surface area contributed by atoms with Crippen LogP contribution in [-0.2, 0) is 20.6 Å². The molecule has 0 aliphatic carbocycles. The molecule has 2 aromatic rings. The number of anilines is 1. The minimum absolute atomic E-state index is 0.0889. The maximum absolute atomic E-state index is 11.7. The van der Waals surface area contributed by atoms with Gasteiger partial charge in [-0.15, -0.1) is 5.10 Å². The van der Waals surface area contributed by atoms with Gasteiger partial charge in [-0.2, -0.15) is 5.10 Å². The Hall–Kier alpha value is -2.45. The van der Waals surface area contributed by atoms with Crippen LogP contribution in [0.4, 0.5) is 5.82 Å². The van der Waals surface area contributed by atoms with E-state index >= 15 is 0 Å². The second kappa shape index (κ2) is 4.20. The second-order valence-electron chi connectivity index (χ2n) is 3.40. The first kappa shape index (κ1) is 11.0. The van der Waals surface area contributed by atoms with Crippen molar-refractivity contribution in [3.05, 3.63) is 33.0 Å². The summed E-state index contributed by atoms with van der Waals surface area (Å²) in [6.07, 6.45) is 1.36. The van der Waals surface area contributed by atoms with Crippen molar-refractivity contribution in [1.29, 1.82) is 0 Å². The standard InChI is InChI=1S/C8H11N7O2/c1-14-7(16)6(13-15(2)8(14)17)9-3-5-10-4-11-12-5/h4H,3H2,1-2H3,(H,9,13)(H,10,11,12). The molecule has 2 aromatic heterocycles. The summed E-state index contributed by atoms with van der Waals surface area (Å²) in [6.45, 7) is 0.278. The van der Waals surface area contributed by atoms with E-state index in [1.54, 1.807) is 0 Å². The van der Waals surface area contributed by atoms with E-state index in [9.17, 15) is 9.59 Å². The van der Waals surface area contributed by atoms with Crippen molar-refractivity contribution in [3.63, 3.8) is 0 Å². The number of hydrogen-bond donors (Lipinski definition) is 2. The van der Waals surface area contributed by atoms with E-state index in [1.165, 1.54) is 20.4 Å². The lowest BCUT2D eigenvalue weighted by Crippen LogP contribution is -2.39. The van der Waals surface area contributed by atoms with Crippen LogP contribution >= 0.6 is 0 Å². The normalized spacial score (nSPS) is 10.5. The molecule has 90 valence electrons. The van der Waals surface area contributed by atoms with Crippen LogP contribution in [0.15, 0.2) is 15.9 Å².